The summed E-state index contributed by atoms with van der Waals surface area (Å²) in [7, 11) is 0. The van der Waals surface area contributed by atoms with Gasteiger partial charge in [-0.2, -0.15) is 0 Å². The first-order valence-electron chi connectivity index (χ1n) is 6.62. The van der Waals surface area contributed by atoms with Gasteiger partial charge in [0.15, 0.2) is 0 Å². The van der Waals surface area contributed by atoms with Gasteiger partial charge in [0.1, 0.15) is 0 Å². The molecule has 0 heterocycles. The van der Waals surface area contributed by atoms with Crippen LogP contribution in [0.5, 0.6) is 0 Å². The molecule has 106 valence electrons. The molecule has 0 saturated heterocycles. The first kappa shape index (κ1) is 17.3. The summed E-state index contributed by atoms with van der Waals surface area (Å²) < 4.78 is 5.16. The number of thiocarbonyl (C=S) groups is 1. The first-order valence-corrected chi connectivity index (χ1v) is 7.02. The minimum Gasteiger partial charge on any atom is -0.465 e. The van der Waals surface area contributed by atoms with Crippen LogP contribution in [0.3, 0.4) is 0 Å². The van der Waals surface area contributed by atoms with Crippen molar-refractivity contribution in [3.8, 4) is 0 Å². The Morgan fingerprint density at radius 3 is 2.61 bits per heavy atom. The van der Waals surface area contributed by atoms with Gasteiger partial charge in [-0.15, -0.1) is 0 Å². The summed E-state index contributed by atoms with van der Waals surface area (Å²) in [5, 5.41) is 0. The largest absolute Gasteiger partial charge is 0.465 e. The standard InChI is InChI=1S/C13H26N2O2S/c1-4-5-8-17-13(16)10-15(9-11(2)3)7-6-12(14)18/h11H,4-10H2,1-3H3,(H2,14,18). The van der Waals surface area contributed by atoms with E-state index in [0.29, 0.717) is 30.5 Å². The summed E-state index contributed by atoms with van der Waals surface area (Å²) in [6, 6.07) is 0. The van der Waals surface area contributed by atoms with Crippen molar-refractivity contribution in [1.82, 2.24) is 4.90 Å². The highest BCUT2D eigenvalue weighted by atomic mass is 32.1. The molecule has 5 heteroatoms. The minimum atomic E-state index is -0.160. The van der Waals surface area contributed by atoms with Gasteiger partial charge in [0.25, 0.3) is 0 Å². The summed E-state index contributed by atoms with van der Waals surface area (Å²) in [4.78, 5) is 14.2. The van der Waals surface area contributed by atoms with Crippen LogP contribution in [-0.2, 0) is 9.53 Å². The van der Waals surface area contributed by atoms with Crippen molar-refractivity contribution in [3.05, 3.63) is 0 Å². The van der Waals surface area contributed by atoms with Crippen LogP contribution < -0.4 is 5.73 Å². The lowest BCUT2D eigenvalue weighted by atomic mass is 10.2. The number of ether oxygens (including phenoxy) is 1. The van der Waals surface area contributed by atoms with Crippen LogP contribution >= 0.6 is 12.2 Å². The van der Waals surface area contributed by atoms with Gasteiger partial charge in [0, 0.05) is 19.5 Å². The van der Waals surface area contributed by atoms with Crippen LogP contribution in [0.1, 0.15) is 40.0 Å². The van der Waals surface area contributed by atoms with Gasteiger partial charge in [-0.1, -0.05) is 39.4 Å². The third-order valence-corrected chi connectivity index (χ3v) is 2.62. The zero-order valence-corrected chi connectivity index (χ0v) is 12.6. The van der Waals surface area contributed by atoms with Gasteiger partial charge < -0.3 is 10.5 Å². The average molecular weight is 274 g/mol. The molecule has 0 aliphatic rings. The Bertz CT molecular complexity index is 257. The lowest BCUT2D eigenvalue weighted by Crippen LogP contribution is -2.36. The molecule has 0 aromatic carbocycles. The van der Waals surface area contributed by atoms with Gasteiger partial charge in [0.2, 0.25) is 0 Å². The molecule has 0 spiro atoms. The van der Waals surface area contributed by atoms with Crippen molar-refractivity contribution in [3.63, 3.8) is 0 Å². The van der Waals surface area contributed by atoms with Gasteiger partial charge in [-0.25, -0.2) is 0 Å². The molecule has 0 bridgehead atoms. The van der Waals surface area contributed by atoms with Crippen molar-refractivity contribution < 1.29 is 9.53 Å². The van der Waals surface area contributed by atoms with Crippen LogP contribution in [0.15, 0.2) is 0 Å². The summed E-state index contributed by atoms with van der Waals surface area (Å²) >= 11 is 4.86. The molecule has 0 aliphatic heterocycles. The quantitative estimate of drug-likeness (QED) is 0.375. The Morgan fingerprint density at radius 2 is 2.11 bits per heavy atom. The molecule has 0 saturated carbocycles. The highest BCUT2D eigenvalue weighted by Crippen LogP contribution is 2.01. The zero-order valence-electron chi connectivity index (χ0n) is 11.8. The SMILES string of the molecule is CCCCOC(=O)CN(CCC(N)=S)CC(C)C. The molecule has 0 rings (SSSR count). The van der Waals surface area contributed by atoms with Gasteiger partial charge in [-0.3, -0.25) is 9.69 Å². The van der Waals surface area contributed by atoms with E-state index < -0.39 is 0 Å². The molecule has 0 amide bonds. The van der Waals surface area contributed by atoms with E-state index in [1.807, 2.05) is 0 Å². The van der Waals surface area contributed by atoms with Gasteiger partial charge >= 0.3 is 5.97 Å². The molecule has 0 aromatic rings. The summed E-state index contributed by atoms with van der Waals surface area (Å²) in [5.74, 6) is 0.340. The molecular weight excluding hydrogens is 248 g/mol. The Balaban J connectivity index is 4.04. The maximum atomic E-state index is 11.6. The van der Waals surface area contributed by atoms with E-state index in [0.717, 1.165) is 25.9 Å². The Kier molecular flexibility index (Phi) is 9.87. The fourth-order valence-corrected chi connectivity index (χ4v) is 1.67. The van der Waals surface area contributed by atoms with E-state index in [2.05, 4.69) is 25.7 Å². The lowest BCUT2D eigenvalue weighted by molar-refractivity contribution is -0.145. The van der Waals surface area contributed by atoms with Crippen LogP contribution in [0.4, 0.5) is 0 Å². The Hall–Kier alpha value is -0.680. The molecular formula is C13H26N2O2S. The van der Waals surface area contributed by atoms with Crippen LogP contribution in [0.2, 0.25) is 0 Å². The average Bonchev–Trinajstić information content (AvgIpc) is 2.25. The van der Waals surface area contributed by atoms with E-state index in [4.69, 9.17) is 22.7 Å². The third kappa shape index (κ3) is 10.5. The molecule has 0 atom stereocenters. The fourth-order valence-electron chi connectivity index (χ4n) is 1.58. The van der Waals surface area contributed by atoms with Crippen molar-refractivity contribution in [2.75, 3.05) is 26.2 Å². The molecule has 0 aromatic heterocycles. The van der Waals surface area contributed by atoms with E-state index >= 15 is 0 Å². The smallest absolute Gasteiger partial charge is 0.320 e. The Morgan fingerprint density at radius 1 is 1.44 bits per heavy atom. The van der Waals surface area contributed by atoms with Crippen LogP contribution in [0, 0.1) is 5.92 Å². The number of carbonyl (C=O) groups is 1. The second-order valence-electron chi connectivity index (χ2n) is 4.92. The van der Waals surface area contributed by atoms with E-state index in [-0.39, 0.29) is 5.97 Å². The van der Waals surface area contributed by atoms with E-state index in [1.165, 1.54) is 0 Å². The van der Waals surface area contributed by atoms with Crippen molar-refractivity contribution in [2.45, 2.75) is 40.0 Å². The predicted octanol–water partition coefficient (Wildman–Crippen LogP) is 1.96. The highest BCUT2D eigenvalue weighted by molar-refractivity contribution is 7.80. The van der Waals surface area contributed by atoms with Crippen molar-refractivity contribution in [2.24, 2.45) is 11.7 Å². The number of esters is 1. The number of unbranched alkanes of at least 4 members (excludes halogenated alkanes) is 1. The monoisotopic (exact) mass is 274 g/mol. The predicted molar refractivity (Wildman–Crippen MR) is 78.5 cm³/mol. The van der Waals surface area contributed by atoms with Crippen molar-refractivity contribution >= 4 is 23.2 Å². The van der Waals surface area contributed by atoms with Crippen molar-refractivity contribution in [1.29, 1.82) is 0 Å². The molecule has 0 aliphatic carbocycles. The number of hydrogen-bond donors (Lipinski definition) is 1. The summed E-state index contributed by atoms with van der Waals surface area (Å²) in [6.45, 7) is 8.72. The maximum Gasteiger partial charge on any atom is 0.320 e. The Labute approximate surface area is 116 Å². The highest BCUT2D eigenvalue weighted by Gasteiger charge is 2.13. The second-order valence-corrected chi connectivity index (χ2v) is 5.44. The van der Waals surface area contributed by atoms with Gasteiger partial charge in [-0.05, 0) is 12.3 Å². The minimum absolute atomic E-state index is 0.160. The number of carbonyl (C=O) groups excluding carboxylic acids is 1. The molecule has 18 heavy (non-hydrogen) atoms. The topological polar surface area (TPSA) is 55.6 Å². The number of nitrogens with two attached hydrogens (primary N) is 1. The van der Waals surface area contributed by atoms with Crippen LogP contribution in [-0.4, -0.2) is 42.1 Å². The molecule has 0 unspecified atom stereocenters. The third-order valence-electron chi connectivity index (χ3n) is 2.41. The van der Waals surface area contributed by atoms with E-state index in [9.17, 15) is 4.79 Å². The molecule has 0 fully saturated rings. The molecule has 4 nitrogen and oxygen atoms in total. The summed E-state index contributed by atoms with van der Waals surface area (Å²) in [6.07, 6.45) is 2.59. The maximum absolute atomic E-state index is 11.6. The lowest BCUT2D eigenvalue weighted by Gasteiger charge is -2.23. The number of hydrogen-bond acceptors (Lipinski definition) is 4. The van der Waals surface area contributed by atoms with Crippen LogP contribution in [0.25, 0.3) is 0 Å². The second kappa shape index (κ2) is 10.3. The van der Waals surface area contributed by atoms with E-state index in [1.54, 1.807) is 0 Å². The fraction of sp³-hybridized carbons (Fsp3) is 0.846. The first-order chi connectivity index (χ1) is 8.45. The summed E-state index contributed by atoms with van der Waals surface area (Å²) in [5.41, 5.74) is 5.49. The molecule has 0 radical (unpaired) electrons. The van der Waals surface area contributed by atoms with Gasteiger partial charge in [0.05, 0.1) is 18.1 Å². The zero-order chi connectivity index (χ0) is 14.0. The number of rotatable bonds is 10. The number of nitrogens with zero attached hydrogens (tertiary/aromatic N) is 1. The molecule has 2 N–H and O–H groups in total. The normalized spacial score (nSPS) is 10.9.